The summed E-state index contributed by atoms with van der Waals surface area (Å²) in [6.45, 7) is 22.3. The van der Waals surface area contributed by atoms with Crippen LogP contribution in [0.5, 0.6) is 0 Å². The van der Waals surface area contributed by atoms with Crippen LogP contribution in [0.25, 0.3) is 0 Å². The zero-order chi connectivity index (χ0) is 22.5. The molecule has 2 atom stereocenters. The van der Waals surface area contributed by atoms with Crippen LogP contribution in [0.15, 0.2) is 0 Å². The Morgan fingerprint density at radius 3 is 0.967 bits per heavy atom. The molecule has 0 unspecified atom stereocenters. The van der Waals surface area contributed by atoms with Crippen LogP contribution in [0.2, 0.25) is 0 Å². The second kappa shape index (κ2) is 8.33. The van der Waals surface area contributed by atoms with Crippen LogP contribution in [-0.2, 0) is 17.6 Å². The van der Waals surface area contributed by atoms with E-state index in [-0.39, 0.29) is 11.8 Å². The van der Waals surface area contributed by atoms with Crippen molar-refractivity contribution in [3.8, 4) is 0 Å². The van der Waals surface area contributed by atoms with E-state index in [9.17, 15) is 4.79 Å². The molecule has 0 radical (unpaired) electrons. The molecular formula is C29H40O. The van der Waals surface area contributed by atoms with Gasteiger partial charge in [0.25, 0.3) is 0 Å². The predicted molar refractivity (Wildman–Crippen MR) is 129 cm³/mol. The van der Waals surface area contributed by atoms with Crippen molar-refractivity contribution in [1.29, 1.82) is 0 Å². The van der Waals surface area contributed by atoms with Gasteiger partial charge in [-0.3, -0.25) is 4.79 Å². The summed E-state index contributed by atoms with van der Waals surface area (Å²) in [6.07, 6.45) is 3.91. The Balaban J connectivity index is 1.86. The van der Waals surface area contributed by atoms with Crippen molar-refractivity contribution in [3.05, 3.63) is 66.8 Å². The van der Waals surface area contributed by atoms with Crippen LogP contribution in [0.4, 0.5) is 0 Å². The summed E-state index contributed by atoms with van der Waals surface area (Å²) in [5.74, 6) is 0.865. The summed E-state index contributed by atoms with van der Waals surface area (Å²) in [7, 11) is 0. The second-order valence-corrected chi connectivity index (χ2v) is 9.99. The third-order valence-electron chi connectivity index (χ3n) is 8.88. The van der Waals surface area contributed by atoms with Crippen molar-refractivity contribution in [1.82, 2.24) is 0 Å². The summed E-state index contributed by atoms with van der Waals surface area (Å²) < 4.78 is 0. The summed E-state index contributed by atoms with van der Waals surface area (Å²) in [4.78, 5) is 13.4. The Morgan fingerprint density at radius 1 is 0.467 bits per heavy atom. The largest absolute Gasteiger partial charge is 0.299 e. The summed E-state index contributed by atoms with van der Waals surface area (Å²) in [6, 6.07) is 0. The fourth-order valence-electron chi connectivity index (χ4n) is 5.69. The van der Waals surface area contributed by atoms with E-state index in [1.54, 1.807) is 0 Å². The molecule has 1 fully saturated rings. The van der Waals surface area contributed by atoms with Gasteiger partial charge in [-0.15, -0.1) is 0 Å². The minimum Gasteiger partial charge on any atom is -0.299 e. The second-order valence-electron chi connectivity index (χ2n) is 9.99. The SMILES string of the molecule is Cc1c(C)c(C)c(C[C@H]2CC[C@@H](Cc3c(C)c(C)c(C)c(C)c3C)C2=O)c(C)c1C. The Labute approximate surface area is 184 Å². The van der Waals surface area contributed by atoms with E-state index >= 15 is 0 Å². The number of carbonyl (C=O) groups excluding carboxylic acids is 1. The van der Waals surface area contributed by atoms with E-state index in [0.29, 0.717) is 5.78 Å². The highest BCUT2D eigenvalue weighted by Gasteiger charge is 2.35. The summed E-state index contributed by atoms with van der Waals surface area (Å²) >= 11 is 0. The van der Waals surface area contributed by atoms with Gasteiger partial charge < -0.3 is 0 Å². The van der Waals surface area contributed by atoms with Crippen LogP contribution in [-0.4, -0.2) is 5.78 Å². The third-order valence-corrected chi connectivity index (χ3v) is 8.88. The van der Waals surface area contributed by atoms with E-state index in [2.05, 4.69) is 69.2 Å². The smallest absolute Gasteiger partial charge is 0.139 e. The third kappa shape index (κ3) is 3.66. The molecule has 3 rings (SSSR count). The van der Waals surface area contributed by atoms with E-state index in [1.165, 1.54) is 66.8 Å². The minimum absolute atomic E-state index is 0.183. The first-order chi connectivity index (χ1) is 14.0. The topological polar surface area (TPSA) is 17.1 Å². The first-order valence-electron chi connectivity index (χ1n) is 11.6. The number of hydrogen-bond donors (Lipinski definition) is 0. The molecule has 1 heteroatoms. The van der Waals surface area contributed by atoms with E-state index in [0.717, 1.165) is 25.7 Å². The van der Waals surface area contributed by atoms with Gasteiger partial charge in [0, 0.05) is 11.8 Å². The number of benzene rings is 2. The van der Waals surface area contributed by atoms with Gasteiger partial charge >= 0.3 is 0 Å². The van der Waals surface area contributed by atoms with Crippen LogP contribution in [0.1, 0.15) is 79.6 Å². The lowest BCUT2D eigenvalue weighted by Gasteiger charge is -2.22. The molecule has 2 aromatic rings. The molecule has 162 valence electrons. The lowest BCUT2D eigenvalue weighted by molar-refractivity contribution is -0.123. The predicted octanol–water partition coefficient (Wildman–Crippen LogP) is 7.15. The molecule has 2 aromatic carbocycles. The van der Waals surface area contributed by atoms with Crippen LogP contribution in [0, 0.1) is 81.1 Å². The fraction of sp³-hybridized carbons (Fsp3) is 0.552. The summed E-state index contributed by atoms with van der Waals surface area (Å²) in [5.41, 5.74) is 16.8. The van der Waals surface area contributed by atoms with Crippen LogP contribution < -0.4 is 0 Å². The molecule has 1 saturated carbocycles. The molecular weight excluding hydrogens is 364 g/mol. The molecule has 0 N–H and O–H groups in total. The van der Waals surface area contributed by atoms with Crippen LogP contribution >= 0.6 is 0 Å². The van der Waals surface area contributed by atoms with Crippen molar-refractivity contribution in [2.24, 2.45) is 11.8 Å². The average molecular weight is 405 g/mol. The maximum absolute atomic E-state index is 13.4. The van der Waals surface area contributed by atoms with Crippen LogP contribution in [0.3, 0.4) is 0 Å². The maximum Gasteiger partial charge on any atom is 0.139 e. The molecule has 0 heterocycles. The van der Waals surface area contributed by atoms with Gasteiger partial charge in [0.1, 0.15) is 5.78 Å². The highest BCUT2D eigenvalue weighted by molar-refractivity contribution is 5.86. The number of Topliss-reactive ketones (excluding diaryl/α,β-unsaturated/α-hetero) is 1. The highest BCUT2D eigenvalue weighted by atomic mass is 16.1. The molecule has 0 amide bonds. The minimum atomic E-state index is 0.183. The Hall–Kier alpha value is -1.89. The molecule has 30 heavy (non-hydrogen) atoms. The van der Waals surface area contributed by atoms with E-state index in [4.69, 9.17) is 0 Å². The maximum atomic E-state index is 13.4. The number of ketones is 1. The normalized spacial score (nSPS) is 19.1. The van der Waals surface area contributed by atoms with E-state index < -0.39 is 0 Å². The molecule has 0 spiro atoms. The molecule has 1 nitrogen and oxygen atoms in total. The molecule has 1 aliphatic rings. The number of rotatable bonds is 4. The zero-order valence-electron chi connectivity index (χ0n) is 20.9. The van der Waals surface area contributed by atoms with Gasteiger partial charge in [-0.25, -0.2) is 0 Å². The molecule has 0 aliphatic heterocycles. The summed E-state index contributed by atoms with van der Waals surface area (Å²) in [5, 5.41) is 0. The first kappa shape index (κ1) is 22.8. The van der Waals surface area contributed by atoms with Gasteiger partial charge in [-0.1, -0.05) is 0 Å². The van der Waals surface area contributed by atoms with E-state index in [1.807, 2.05) is 0 Å². The van der Waals surface area contributed by atoms with Crippen molar-refractivity contribution >= 4 is 5.78 Å². The van der Waals surface area contributed by atoms with Gasteiger partial charge in [0.05, 0.1) is 0 Å². The monoisotopic (exact) mass is 404 g/mol. The molecule has 0 saturated heterocycles. The average Bonchev–Trinajstić information content (AvgIpc) is 3.07. The van der Waals surface area contributed by atoms with Crippen molar-refractivity contribution < 1.29 is 4.79 Å². The number of carbonyl (C=O) groups is 1. The standard InChI is InChI=1S/C29H40O/c1-15-17(3)21(7)27(22(8)18(15)4)13-25-11-12-26(29(25)30)14-28-23(9)19(5)16(2)20(6)24(28)10/h25-26H,11-14H2,1-10H3/t25-,26+. The molecule has 0 aromatic heterocycles. The van der Waals surface area contributed by atoms with Crippen molar-refractivity contribution in [3.63, 3.8) is 0 Å². The fourth-order valence-corrected chi connectivity index (χ4v) is 5.69. The van der Waals surface area contributed by atoms with Gasteiger partial charge in [0.2, 0.25) is 0 Å². The number of hydrogen-bond acceptors (Lipinski definition) is 1. The first-order valence-corrected chi connectivity index (χ1v) is 11.6. The molecule has 0 bridgehead atoms. The lowest BCUT2D eigenvalue weighted by atomic mass is 9.82. The van der Waals surface area contributed by atoms with Crippen molar-refractivity contribution in [2.75, 3.05) is 0 Å². The Kier molecular flexibility index (Phi) is 6.33. The quantitative estimate of drug-likeness (QED) is 0.529. The Bertz CT molecular complexity index is 882. The Morgan fingerprint density at radius 2 is 0.700 bits per heavy atom. The van der Waals surface area contributed by atoms with Gasteiger partial charge in [-0.2, -0.15) is 0 Å². The van der Waals surface area contributed by atoms with Gasteiger partial charge in [-0.05, 0) is 162 Å². The van der Waals surface area contributed by atoms with Crippen molar-refractivity contribution in [2.45, 2.75) is 94.9 Å². The zero-order valence-corrected chi connectivity index (χ0v) is 20.9. The molecule has 1 aliphatic carbocycles. The lowest BCUT2D eigenvalue weighted by Crippen LogP contribution is -2.20. The highest BCUT2D eigenvalue weighted by Crippen LogP contribution is 2.37. The van der Waals surface area contributed by atoms with Gasteiger partial charge in [0.15, 0.2) is 0 Å².